The minimum Gasteiger partial charge on any atom is -0.496 e. The van der Waals surface area contributed by atoms with E-state index in [9.17, 15) is 19.7 Å². The van der Waals surface area contributed by atoms with E-state index in [4.69, 9.17) is 18.9 Å². The van der Waals surface area contributed by atoms with Crippen LogP contribution in [0.4, 0.5) is 11.4 Å². The van der Waals surface area contributed by atoms with Crippen molar-refractivity contribution in [3.63, 3.8) is 0 Å². The second-order valence-electron chi connectivity index (χ2n) is 5.54. The SMILES string of the molecule is CCOc1ccc(OCC(=O)OCC(=O)Nc2ccc(OC)cc2[N+](=O)[O-])cc1. The molecular formula is C19H20N2O8. The quantitative estimate of drug-likeness (QED) is 0.364. The molecule has 0 saturated carbocycles. The summed E-state index contributed by atoms with van der Waals surface area (Å²) in [4.78, 5) is 34.1. The number of rotatable bonds is 10. The molecule has 0 spiro atoms. The average molecular weight is 404 g/mol. The number of nitro benzene ring substituents is 1. The van der Waals surface area contributed by atoms with Gasteiger partial charge < -0.3 is 24.3 Å². The minimum absolute atomic E-state index is 0.0394. The molecule has 0 aliphatic carbocycles. The van der Waals surface area contributed by atoms with E-state index in [0.29, 0.717) is 18.1 Å². The topological polar surface area (TPSA) is 126 Å². The summed E-state index contributed by atoms with van der Waals surface area (Å²) < 4.78 is 20.3. The van der Waals surface area contributed by atoms with Gasteiger partial charge in [-0.15, -0.1) is 0 Å². The lowest BCUT2D eigenvalue weighted by atomic mass is 10.2. The molecular weight excluding hydrogens is 384 g/mol. The van der Waals surface area contributed by atoms with Gasteiger partial charge in [-0.1, -0.05) is 0 Å². The number of benzene rings is 2. The fraction of sp³-hybridized carbons (Fsp3) is 0.263. The summed E-state index contributed by atoms with van der Waals surface area (Å²) >= 11 is 0. The van der Waals surface area contributed by atoms with Crippen molar-refractivity contribution in [1.82, 2.24) is 0 Å². The van der Waals surface area contributed by atoms with Crippen molar-refractivity contribution in [3.05, 3.63) is 52.6 Å². The molecule has 1 amide bonds. The van der Waals surface area contributed by atoms with Crippen LogP contribution >= 0.6 is 0 Å². The number of hydrogen-bond acceptors (Lipinski definition) is 8. The first-order valence-electron chi connectivity index (χ1n) is 8.56. The van der Waals surface area contributed by atoms with Crippen molar-refractivity contribution < 1.29 is 33.5 Å². The summed E-state index contributed by atoms with van der Waals surface area (Å²) in [5, 5.41) is 13.4. The summed E-state index contributed by atoms with van der Waals surface area (Å²) in [5.74, 6) is -0.117. The predicted molar refractivity (Wildman–Crippen MR) is 102 cm³/mol. The molecule has 0 saturated heterocycles. The van der Waals surface area contributed by atoms with Gasteiger partial charge in [-0.25, -0.2) is 4.79 Å². The Morgan fingerprint density at radius 2 is 1.62 bits per heavy atom. The maximum absolute atomic E-state index is 11.9. The van der Waals surface area contributed by atoms with E-state index in [-0.39, 0.29) is 17.1 Å². The summed E-state index contributed by atoms with van der Waals surface area (Å²) in [7, 11) is 1.37. The zero-order chi connectivity index (χ0) is 21.2. The third-order valence-electron chi connectivity index (χ3n) is 3.53. The van der Waals surface area contributed by atoms with E-state index in [1.165, 1.54) is 25.3 Å². The molecule has 0 fully saturated rings. The van der Waals surface area contributed by atoms with Crippen molar-refractivity contribution in [2.45, 2.75) is 6.92 Å². The van der Waals surface area contributed by atoms with Crippen LogP contribution in [0.5, 0.6) is 17.2 Å². The van der Waals surface area contributed by atoms with Crippen LogP contribution < -0.4 is 19.5 Å². The Balaban J connectivity index is 1.81. The molecule has 0 aliphatic rings. The number of carbonyl (C=O) groups excluding carboxylic acids is 2. The highest BCUT2D eigenvalue weighted by Gasteiger charge is 2.18. The summed E-state index contributed by atoms with van der Waals surface area (Å²) in [6.45, 7) is 1.39. The van der Waals surface area contributed by atoms with Gasteiger partial charge in [0.2, 0.25) is 0 Å². The number of esters is 1. The van der Waals surface area contributed by atoms with Crippen molar-refractivity contribution in [1.29, 1.82) is 0 Å². The van der Waals surface area contributed by atoms with Crippen LogP contribution in [0, 0.1) is 10.1 Å². The molecule has 0 bridgehead atoms. The van der Waals surface area contributed by atoms with E-state index in [1.807, 2.05) is 6.92 Å². The van der Waals surface area contributed by atoms with E-state index in [0.717, 1.165) is 0 Å². The van der Waals surface area contributed by atoms with E-state index < -0.39 is 30.0 Å². The fourth-order valence-electron chi connectivity index (χ4n) is 2.21. The molecule has 0 atom stereocenters. The molecule has 0 heterocycles. The van der Waals surface area contributed by atoms with Gasteiger partial charge >= 0.3 is 5.97 Å². The molecule has 0 aliphatic heterocycles. The van der Waals surface area contributed by atoms with Crippen LogP contribution in [0.2, 0.25) is 0 Å². The highest BCUT2D eigenvalue weighted by molar-refractivity contribution is 5.95. The zero-order valence-corrected chi connectivity index (χ0v) is 15.9. The molecule has 2 aromatic rings. The highest BCUT2D eigenvalue weighted by atomic mass is 16.6. The van der Waals surface area contributed by atoms with Gasteiger partial charge in [-0.05, 0) is 43.3 Å². The second kappa shape index (κ2) is 10.5. The number of nitro groups is 1. The van der Waals surface area contributed by atoms with Gasteiger partial charge in [-0.3, -0.25) is 14.9 Å². The average Bonchev–Trinajstić information content (AvgIpc) is 2.72. The van der Waals surface area contributed by atoms with Crippen LogP contribution in [-0.4, -0.2) is 43.7 Å². The first-order valence-corrected chi connectivity index (χ1v) is 8.56. The monoisotopic (exact) mass is 404 g/mol. The maximum Gasteiger partial charge on any atom is 0.344 e. The standard InChI is InChI=1S/C19H20N2O8/c1-3-27-13-4-6-14(7-5-13)28-12-19(23)29-11-18(22)20-16-9-8-15(26-2)10-17(16)21(24)25/h4-10H,3,11-12H2,1-2H3,(H,20,22). The number of carbonyl (C=O) groups is 2. The van der Waals surface area contributed by atoms with Crippen LogP contribution in [0.3, 0.4) is 0 Å². The molecule has 10 nitrogen and oxygen atoms in total. The Hall–Kier alpha value is -3.82. The van der Waals surface area contributed by atoms with Crippen LogP contribution in [-0.2, 0) is 14.3 Å². The Morgan fingerprint density at radius 1 is 1.00 bits per heavy atom. The zero-order valence-electron chi connectivity index (χ0n) is 15.9. The summed E-state index contributed by atoms with van der Waals surface area (Å²) in [5.41, 5.74) is -0.384. The summed E-state index contributed by atoms with van der Waals surface area (Å²) in [6, 6.07) is 10.6. The van der Waals surface area contributed by atoms with E-state index >= 15 is 0 Å². The van der Waals surface area contributed by atoms with Crippen LogP contribution in [0.25, 0.3) is 0 Å². The first-order chi connectivity index (χ1) is 13.9. The Labute approximate surface area is 166 Å². The number of amides is 1. The molecule has 154 valence electrons. The van der Waals surface area contributed by atoms with Gasteiger partial charge in [0.15, 0.2) is 13.2 Å². The maximum atomic E-state index is 11.9. The van der Waals surface area contributed by atoms with Gasteiger partial charge in [0.1, 0.15) is 22.9 Å². The second-order valence-corrected chi connectivity index (χ2v) is 5.54. The van der Waals surface area contributed by atoms with Crippen molar-refractivity contribution in [2.24, 2.45) is 0 Å². The number of methoxy groups -OCH3 is 1. The van der Waals surface area contributed by atoms with Crippen molar-refractivity contribution >= 4 is 23.3 Å². The van der Waals surface area contributed by atoms with E-state index in [1.54, 1.807) is 24.3 Å². The van der Waals surface area contributed by atoms with Gasteiger partial charge in [0, 0.05) is 0 Å². The molecule has 0 unspecified atom stereocenters. The molecule has 2 rings (SSSR count). The molecule has 0 aromatic heterocycles. The lowest BCUT2D eigenvalue weighted by Crippen LogP contribution is -2.24. The largest absolute Gasteiger partial charge is 0.496 e. The molecule has 2 aromatic carbocycles. The van der Waals surface area contributed by atoms with E-state index in [2.05, 4.69) is 5.32 Å². The number of ether oxygens (including phenoxy) is 4. The highest BCUT2D eigenvalue weighted by Crippen LogP contribution is 2.28. The third-order valence-corrected chi connectivity index (χ3v) is 3.53. The van der Waals surface area contributed by atoms with Gasteiger partial charge in [-0.2, -0.15) is 0 Å². The molecule has 1 N–H and O–H groups in total. The van der Waals surface area contributed by atoms with Crippen molar-refractivity contribution in [2.75, 3.05) is 32.2 Å². The number of nitrogens with zero attached hydrogens (tertiary/aromatic N) is 1. The Kier molecular flexibility index (Phi) is 7.78. The number of nitrogens with one attached hydrogen (secondary N) is 1. The van der Waals surface area contributed by atoms with Crippen LogP contribution in [0.15, 0.2) is 42.5 Å². The normalized spacial score (nSPS) is 10.0. The number of hydrogen-bond donors (Lipinski definition) is 1. The predicted octanol–water partition coefficient (Wildman–Crippen LogP) is 2.56. The molecule has 29 heavy (non-hydrogen) atoms. The minimum atomic E-state index is -0.765. The van der Waals surface area contributed by atoms with Gasteiger partial charge in [0.05, 0.1) is 24.7 Å². The first kappa shape index (κ1) is 21.5. The molecule has 0 radical (unpaired) electrons. The summed E-state index contributed by atoms with van der Waals surface area (Å²) in [6.07, 6.45) is 0. The van der Waals surface area contributed by atoms with Gasteiger partial charge in [0.25, 0.3) is 11.6 Å². The number of anilines is 1. The lowest BCUT2D eigenvalue weighted by molar-refractivity contribution is -0.384. The lowest BCUT2D eigenvalue weighted by Gasteiger charge is -2.09. The third kappa shape index (κ3) is 6.69. The van der Waals surface area contributed by atoms with Crippen LogP contribution in [0.1, 0.15) is 6.92 Å². The smallest absolute Gasteiger partial charge is 0.344 e. The van der Waals surface area contributed by atoms with Crippen molar-refractivity contribution in [3.8, 4) is 17.2 Å². The molecule has 10 heteroatoms. The Bertz CT molecular complexity index is 867. The fourth-order valence-corrected chi connectivity index (χ4v) is 2.21. The Morgan fingerprint density at radius 3 is 2.21 bits per heavy atom.